The highest BCUT2D eigenvalue weighted by molar-refractivity contribution is 7.14. The van der Waals surface area contributed by atoms with Crippen LogP contribution < -0.4 is 10.9 Å². The largest absolute Gasteiger partial charge is 0.362 e. The molecule has 0 bridgehead atoms. The van der Waals surface area contributed by atoms with Gasteiger partial charge in [-0.2, -0.15) is 0 Å². The molecule has 2 aromatic rings. The molecule has 0 aliphatic heterocycles. The van der Waals surface area contributed by atoms with E-state index in [1.807, 2.05) is 24.4 Å². The second kappa shape index (κ2) is 5.82. The number of hydrogen-bond acceptors (Lipinski definition) is 4. The standard InChI is InChI=1S/C13H17N3OS/c1-3-4-7-14-13-16-11(8-18-13)10-6-5-9(2)15-12(10)17/h5-6,8H,3-4,7H2,1-2H3,(H,14,16)(H,15,17). The highest BCUT2D eigenvalue weighted by Gasteiger charge is 2.07. The number of nitrogens with zero attached hydrogens (tertiary/aromatic N) is 1. The third-order valence-electron chi connectivity index (χ3n) is 2.64. The first-order chi connectivity index (χ1) is 8.70. The summed E-state index contributed by atoms with van der Waals surface area (Å²) in [5, 5.41) is 6.05. The average Bonchev–Trinajstić information content (AvgIpc) is 2.78. The van der Waals surface area contributed by atoms with Crippen molar-refractivity contribution in [2.45, 2.75) is 26.7 Å². The van der Waals surface area contributed by atoms with Gasteiger partial charge in [-0.1, -0.05) is 13.3 Å². The monoisotopic (exact) mass is 263 g/mol. The Morgan fingerprint density at radius 2 is 2.28 bits per heavy atom. The molecule has 0 saturated carbocycles. The van der Waals surface area contributed by atoms with E-state index in [4.69, 9.17) is 0 Å². The Balaban J connectivity index is 2.16. The zero-order valence-electron chi connectivity index (χ0n) is 10.6. The van der Waals surface area contributed by atoms with Crippen molar-refractivity contribution in [1.82, 2.24) is 9.97 Å². The van der Waals surface area contributed by atoms with E-state index in [-0.39, 0.29) is 5.56 Å². The van der Waals surface area contributed by atoms with Crippen LogP contribution in [0, 0.1) is 6.92 Å². The van der Waals surface area contributed by atoms with Crippen LogP contribution in [0.3, 0.4) is 0 Å². The van der Waals surface area contributed by atoms with Gasteiger partial charge in [0.1, 0.15) is 0 Å². The highest BCUT2D eigenvalue weighted by atomic mass is 32.1. The minimum Gasteiger partial charge on any atom is -0.362 e. The average molecular weight is 263 g/mol. The fraction of sp³-hybridized carbons (Fsp3) is 0.385. The van der Waals surface area contributed by atoms with Crippen LogP contribution in [0.25, 0.3) is 11.3 Å². The van der Waals surface area contributed by atoms with Crippen molar-refractivity contribution < 1.29 is 0 Å². The number of nitrogens with one attached hydrogen (secondary N) is 2. The van der Waals surface area contributed by atoms with Crippen molar-refractivity contribution >= 4 is 16.5 Å². The molecule has 5 heteroatoms. The predicted octanol–water partition coefficient (Wildman–Crippen LogP) is 3.02. The van der Waals surface area contributed by atoms with Crippen LogP contribution in [0.1, 0.15) is 25.5 Å². The molecule has 2 rings (SSSR count). The summed E-state index contributed by atoms with van der Waals surface area (Å²) in [7, 11) is 0. The lowest BCUT2D eigenvalue weighted by molar-refractivity contribution is 0.833. The normalized spacial score (nSPS) is 10.6. The van der Waals surface area contributed by atoms with Gasteiger partial charge in [-0.3, -0.25) is 4.79 Å². The number of aryl methyl sites for hydroxylation is 1. The van der Waals surface area contributed by atoms with Crippen molar-refractivity contribution in [2.75, 3.05) is 11.9 Å². The second-order valence-corrected chi connectivity index (χ2v) is 5.06. The molecule has 0 radical (unpaired) electrons. The molecule has 96 valence electrons. The Kier molecular flexibility index (Phi) is 4.15. The summed E-state index contributed by atoms with van der Waals surface area (Å²) >= 11 is 1.53. The fourth-order valence-electron chi connectivity index (χ4n) is 1.62. The van der Waals surface area contributed by atoms with Crippen LogP contribution >= 0.6 is 11.3 Å². The molecule has 0 aromatic carbocycles. The van der Waals surface area contributed by atoms with Gasteiger partial charge in [-0.15, -0.1) is 11.3 Å². The summed E-state index contributed by atoms with van der Waals surface area (Å²) in [6.45, 7) is 4.94. The first-order valence-electron chi connectivity index (χ1n) is 6.10. The Hall–Kier alpha value is -1.62. The third-order valence-corrected chi connectivity index (χ3v) is 3.44. The van der Waals surface area contributed by atoms with Gasteiger partial charge in [0.25, 0.3) is 5.56 Å². The third kappa shape index (κ3) is 2.98. The molecule has 18 heavy (non-hydrogen) atoms. The number of unbranched alkanes of at least 4 members (excludes halogenated alkanes) is 1. The van der Waals surface area contributed by atoms with Crippen LogP contribution in [0.15, 0.2) is 22.3 Å². The van der Waals surface area contributed by atoms with E-state index in [1.165, 1.54) is 11.3 Å². The molecule has 4 nitrogen and oxygen atoms in total. The van der Waals surface area contributed by atoms with Crippen LogP contribution in [-0.2, 0) is 0 Å². The van der Waals surface area contributed by atoms with Crippen LogP contribution in [-0.4, -0.2) is 16.5 Å². The molecule has 2 aromatic heterocycles. The molecule has 2 heterocycles. The first-order valence-corrected chi connectivity index (χ1v) is 6.98. The Morgan fingerprint density at radius 1 is 1.44 bits per heavy atom. The summed E-state index contributed by atoms with van der Waals surface area (Å²) < 4.78 is 0. The minimum atomic E-state index is -0.0830. The van der Waals surface area contributed by atoms with E-state index in [0.29, 0.717) is 5.56 Å². The first kappa shape index (κ1) is 12.8. The topological polar surface area (TPSA) is 57.8 Å². The maximum Gasteiger partial charge on any atom is 0.257 e. The summed E-state index contributed by atoms with van der Waals surface area (Å²) in [4.78, 5) is 19.0. The van der Waals surface area contributed by atoms with E-state index in [1.54, 1.807) is 0 Å². The lowest BCUT2D eigenvalue weighted by atomic mass is 10.2. The summed E-state index contributed by atoms with van der Waals surface area (Å²) in [6.07, 6.45) is 2.28. The van der Waals surface area contributed by atoms with Gasteiger partial charge in [-0.05, 0) is 25.5 Å². The SMILES string of the molecule is CCCCNc1nc(-c2ccc(C)[nH]c2=O)cs1. The van der Waals surface area contributed by atoms with E-state index in [0.717, 1.165) is 35.9 Å². The Morgan fingerprint density at radius 3 is 3.00 bits per heavy atom. The zero-order chi connectivity index (χ0) is 13.0. The smallest absolute Gasteiger partial charge is 0.257 e. The second-order valence-electron chi connectivity index (χ2n) is 4.20. The number of pyridine rings is 1. The molecular formula is C13H17N3OS. The summed E-state index contributed by atoms with van der Waals surface area (Å²) in [6, 6.07) is 3.71. The van der Waals surface area contributed by atoms with E-state index < -0.39 is 0 Å². The molecule has 0 atom stereocenters. The fourth-order valence-corrected chi connectivity index (χ4v) is 2.36. The van der Waals surface area contributed by atoms with Crippen molar-refractivity contribution in [3.05, 3.63) is 33.6 Å². The van der Waals surface area contributed by atoms with Crippen molar-refractivity contribution in [3.8, 4) is 11.3 Å². The number of aromatic amines is 1. The van der Waals surface area contributed by atoms with E-state index in [2.05, 4.69) is 22.2 Å². The van der Waals surface area contributed by atoms with Crippen molar-refractivity contribution in [1.29, 1.82) is 0 Å². The number of H-pyrrole nitrogens is 1. The van der Waals surface area contributed by atoms with E-state index >= 15 is 0 Å². The van der Waals surface area contributed by atoms with Crippen LogP contribution in [0.4, 0.5) is 5.13 Å². The van der Waals surface area contributed by atoms with Crippen LogP contribution in [0.5, 0.6) is 0 Å². The van der Waals surface area contributed by atoms with Gasteiger partial charge < -0.3 is 10.3 Å². The number of rotatable bonds is 5. The van der Waals surface area contributed by atoms with Gasteiger partial charge in [0.2, 0.25) is 0 Å². The highest BCUT2D eigenvalue weighted by Crippen LogP contribution is 2.22. The molecular weight excluding hydrogens is 246 g/mol. The van der Waals surface area contributed by atoms with Gasteiger partial charge >= 0.3 is 0 Å². The minimum absolute atomic E-state index is 0.0830. The molecule has 0 saturated heterocycles. The van der Waals surface area contributed by atoms with Gasteiger partial charge in [-0.25, -0.2) is 4.98 Å². The van der Waals surface area contributed by atoms with Crippen LogP contribution in [0.2, 0.25) is 0 Å². The maximum atomic E-state index is 11.8. The lowest BCUT2D eigenvalue weighted by Gasteiger charge is -1.99. The molecule has 0 amide bonds. The summed E-state index contributed by atoms with van der Waals surface area (Å²) in [5.41, 5.74) is 2.14. The number of thiazole rings is 1. The Labute approximate surface area is 110 Å². The number of anilines is 1. The zero-order valence-corrected chi connectivity index (χ0v) is 11.4. The molecule has 0 aliphatic rings. The van der Waals surface area contributed by atoms with Gasteiger partial charge in [0.05, 0.1) is 11.3 Å². The Bertz CT molecular complexity index is 574. The predicted molar refractivity (Wildman–Crippen MR) is 76.3 cm³/mol. The van der Waals surface area contributed by atoms with Crippen molar-refractivity contribution in [3.63, 3.8) is 0 Å². The molecule has 0 fully saturated rings. The van der Waals surface area contributed by atoms with Crippen molar-refractivity contribution in [2.24, 2.45) is 0 Å². The molecule has 2 N–H and O–H groups in total. The van der Waals surface area contributed by atoms with Gasteiger partial charge in [0, 0.05) is 17.6 Å². The number of aromatic nitrogens is 2. The van der Waals surface area contributed by atoms with E-state index in [9.17, 15) is 4.79 Å². The lowest BCUT2D eigenvalue weighted by Crippen LogP contribution is -2.09. The van der Waals surface area contributed by atoms with Gasteiger partial charge in [0.15, 0.2) is 5.13 Å². The molecule has 0 spiro atoms. The number of hydrogen-bond donors (Lipinski definition) is 2. The molecule has 0 unspecified atom stereocenters. The maximum absolute atomic E-state index is 11.8. The quantitative estimate of drug-likeness (QED) is 0.815. The summed E-state index contributed by atoms with van der Waals surface area (Å²) in [5.74, 6) is 0. The molecule has 0 aliphatic carbocycles.